The highest BCUT2D eigenvalue weighted by atomic mass is 32.2. The number of aryl methyl sites for hydroxylation is 2. The molecule has 0 bridgehead atoms. The number of benzene rings is 2. The largest absolute Gasteiger partial charge is 0.326 e. The Hall–Kier alpha value is -1.72. The number of halogens is 1. The lowest BCUT2D eigenvalue weighted by Gasteiger charge is -2.10. The maximum absolute atomic E-state index is 14.1. The van der Waals surface area contributed by atoms with E-state index in [4.69, 9.17) is 5.73 Å². The molecule has 0 saturated heterocycles. The number of rotatable bonds is 4. The topological polar surface area (TPSA) is 60.2 Å². The minimum atomic E-state index is -3.59. The van der Waals surface area contributed by atoms with E-state index in [0.717, 1.165) is 5.56 Å². The second-order valence-electron chi connectivity index (χ2n) is 5.12. The molecule has 0 aliphatic heterocycles. The van der Waals surface area contributed by atoms with Gasteiger partial charge in [0, 0.05) is 17.7 Å². The Kier molecular flexibility index (Phi) is 4.44. The molecule has 112 valence electrons. The van der Waals surface area contributed by atoms with Gasteiger partial charge >= 0.3 is 0 Å². The van der Waals surface area contributed by atoms with Gasteiger partial charge in [-0.25, -0.2) is 12.8 Å². The smallest absolute Gasteiger partial charge is 0.182 e. The zero-order valence-corrected chi connectivity index (χ0v) is 12.9. The molecule has 0 heterocycles. The zero-order chi connectivity index (χ0) is 15.6. The molecule has 0 radical (unpaired) electrons. The molecule has 2 aromatic carbocycles. The molecule has 2 aromatic rings. The number of sulfone groups is 1. The summed E-state index contributed by atoms with van der Waals surface area (Å²) in [6, 6.07) is 9.78. The zero-order valence-electron chi connectivity index (χ0n) is 12.1. The Morgan fingerprint density at radius 1 is 1.10 bits per heavy atom. The molecular weight excluding hydrogens is 289 g/mol. The first kappa shape index (κ1) is 15.7. The highest BCUT2D eigenvalue weighted by molar-refractivity contribution is 7.90. The van der Waals surface area contributed by atoms with Crippen molar-refractivity contribution in [3.8, 4) is 0 Å². The summed E-state index contributed by atoms with van der Waals surface area (Å²) in [6.07, 6.45) is 0. The number of nitrogens with two attached hydrogens (primary N) is 1. The Labute approximate surface area is 124 Å². The van der Waals surface area contributed by atoms with Crippen LogP contribution in [-0.4, -0.2) is 8.42 Å². The van der Waals surface area contributed by atoms with Crippen LogP contribution in [0.25, 0.3) is 0 Å². The third kappa shape index (κ3) is 3.31. The highest BCUT2D eigenvalue weighted by Gasteiger charge is 2.20. The molecular formula is C16H18FNO2S. The minimum absolute atomic E-state index is 0.0449. The van der Waals surface area contributed by atoms with Gasteiger partial charge in [0.05, 0.1) is 10.6 Å². The van der Waals surface area contributed by atoms with Crippen LogP contribution in [0.15, 0.2) is 41.3 Å². The Morgan fingerprint density at radius 2 is 1.76 bits per heavy atom. The van der Waals surface area contributed by atoms with Crippen molar-refractivity contribution in [2.75, 3.05) is 0 Å². The van der Waals surface area contributed by atoms with E-state index in [1.807, 2.05) is 6.92 Å². The SMILES string of the molecule is Cc1ccc(S(=O)(=O)Cc2cccc(CN)c2F)c(C)c1. The number of hydrogen-bond donors (Lipinski definition) is 1. The van der Waals surface area contributed by atoms with Crippen molar-refractivity contribution in [2.45, 2.75) is 31.0 Å². The predicted octanol–water partition coefficient (Wildman–Crippen LogP) is 2.88. The van der Waals surface area contributed by atoms with Crippen molar-refractivity contribution >= 4 is 9.84 Å². The lowest BCUT2D eigenvalue weighted by molar-refractivity contribution is 0.581. The van der Waals surface area contributed by atoms with Gasteiger partial charge in [-0.05, 0) is 25.5 Å². The standard InChI is InChI=1S/C16H18FNO2S/c1-11-6-7-15(12(2)8-11)21(19,20)10-14-5-3-4-13(9-18)16(14)17/h3-8H,9-10,18H2,1-2H3. The minimum Gasteiger partial charge on any atom is -0.326 e. The second-order valence-corrected chi connectivity index (χ2v) is 7.08. The molecule has 0 saturated carbocycles. The third-order valence-electron chi connectivity index (χ3n) is 3.39. The van der Waals surface area contributed by atoms with E-state index < -0.39 is 15.7 Å². The molecule has 0 aliphatic carbocycles. The van der Waals surface area contributed by atoms with Gasteiger partial charge in [-0.15, -0.1) is 0 Å². The van der Waals surface area contributed by atoms with Crippen LogP contribution in [0.4, 0.5) is 4.39 Å². The molecule has 0 aliphatic rings. The third-order valence-corrected chi connectivity index (χ3v) is 5.21. The summed E-state index contributed by atoms with van der Waals surface area (Å²) in [6.45, 7) is 3.68. The van der Waals surface area contributed by atoms with Crippen LogP contribution < -0.4 is 5.73 Å². The molecule has 2 rings (SSSR count). The van der Waals surface area contributed by atoms with Crippen LogP contribution in [0.1, 0.15) is 22.3 Å². The van der Waals surface area contributed by atoms with E-state index in [1.54, 1.807) is 37.3 Å². The van der Waals surface area contributed by atoms with Gasteiger partial charge < -0.3 is 5.73 Å². The van der Waals surface area contributed by atoms with E-state index in [0.29, 0.717) is 11.1 Å². The van der Waals surface area contributed by atoms with Crippen LogP contribution in [0.5, 0.6) is 0 Å². The maximum Gasteiger partial charge on any atom is 0.182 e. The fraction of sp³-hybridized carbons (Fsp3) is 0.250. The van der Waals surface area contributed by atoms with E-state index in [2.05, 4.69) is 0 Å². The highest BCUT2D eigenvalue weighted by Crippen LogP contribution is 2.23. The van der Waals surface area contributed by atoms with Crippen molar-refractivity contribution in [3.63, 3.8) is 0 Å². The van der Waals surface area contributed by atoms with Crippen molar-refractivity contribution in [1.29, 1.82) is 0 Å². The first-order chi connectivity index (χ1) is 9.85. The van der Waals surface area contributed by atoms with Gasteiger partial charge in [-0.3, -0.25) is 0 Å². The molecule has 0 atom stereocenters. The van der Waals surface area contributed by atoms with Crippen molar-refractivity contribution in [2.24, 2.45) is 5.73 Å². The lowest BCUT2D eigenvalue weighted by atomic mass is 10.1. The summed E-state index contributed by atoms with van der Waals surface area (Å²) in [4.78, 5) is 0.241. The van der Waals surface area contributed by atoms with Crippen LogP contribution in [0, 0.1) is 19.7 Å². The quantitative estimate of drug-likeness (QED) is 0.945. The summed E-state index contributed by atoms with van der Waals surface area (Å²) < 4.78 is 39.1. The fourth-order valence-corrected chi connectivity index (χ4v) is 3.95. The summed E-state index contributed by atoms with van der Waals surface area (Å²) in [5.74, 6) is -0.898. The van der Waals surface area contributed by atoms with E-state index >= 15 is 0 Å². The van der Waals surface area contributed by atoms with E-state index in [-0.39, 0.29) is 22.8 Å². The summed E-state index contributed by atoms with van der Waals surface area (Å²) >= 11 is 0. The second kappa shape index (κ2) is 5.95. The Morgan fingerprint density at radius 3 is 2.38 bits per heavy atom. The first-order valence-corrected chi connectivity index (χ1v) is 8.26. The van der Waals surface area contributed by atoms with Gasteiger partial charge in [0.15, 0.2) is 9.84 Å². The van der Waals surface area contributed by atoms with Crippen molar-refractivity contribution < 1.29 is 12.8 Å². The maximum atomic E-state index is 14.1. The van der Waals surface area contributed by atoms with Gasteiger partial charge in [-0.2, -0.15) is 0 Å². The molecule has 0 unspecified atom stereocenters. The molecule has 0 aromatic heterocycles. The van der Waals surface area contributed by atoms with Crippen LogP contribution in [0.3, 0.4) is 0 Å². The van der Waals surface area contributed by atoms with Gasteiger partial charge in [-0.1, -0.05) is 35.9 Å². The molecule has 0 spiro atoms. The number of hydrogen-bond acceptors (Lipinski definition) is 3. The average Bonchev–Trinajstić information content (AvgIpc) is 2.40. The summed E-state index contributed by atoms with van der Waals surface area (Å²) in [5.41, 5.74) is 7.58. The van der Waals surface area contributed by atoms with Crippen molar-refractivity contribution in [3.05, 3.63) is 64.5 Å². The average molecular weight is 307 g/mol. The predicted molar refractivity (Wildman–Crippen MR) is 81.1 cm³/mol. The fourth-order valence-electron chi connectivity index (χ4n) is 2.33. The molecule has 5 heteroatoms. The molecule has 2 N–H and O–H groups in total. The van der Waals surface area contributed by atoms with Gasteiger partial charge in [0.2, 0.25) is 0 Å². The van der Waals surface area contributed by atoms with E-state index in [1.165, 1.54) is 6.07 Å². The van der Waals surface area contributed by atoms with Gasteiger partial charge in [0.25, 0.3) is 0 Å². The van der Waals surface area contributed by atoms with Gasteiger partial charge in [0.1, 0.15) is 5.82 Å². The monoisotopic (exact) mass is 307 g/mol. The van der Waals surface area contributed by atoms with Crippen LogP contribution in [-0.2, 0) is 22.1 Å². The molecule has 0 amide bonds. The Bertz CT molecular complexity index is 770. The summed E-state index contributed by atoms with van der Waals surface area (Å²) in [5, 5.41) is 0. The first-order valence-electron chi connectivity index (χ1n) is 6.61. The van der Waals surface area contributed by atoms with Crippen LogP contribution in [0.2, 0.25) is 0 Å². The van der Waals surface area contributed by atoms with Crippen LogP contribution >= 0.6 is 0 Å². The molecule has 21 heavy (non-hydrogen) atoms. The van der Waals surface area contributed by atoms with Crippen molar-refractivity contribution in [1.82, 2.24) is 0 Å². The Balaban J connectivity index is 2.42. The summed E-state index contributed by atoms with van der Waals surface area (Å²) in [7, 11) is -3.59. The molecule has 0 fully saturated rings. The van der Waals surface area contributed by atoms with E-state index in [9.17, 15) is 12.8 Å². The molecule has 3 nitrogen and oxygen atoms in total. The lowest BCUT2D eigenvalue weighted by Crippen LogP contribution is -2.10. The normalized spacial score (nSPS) is 11.6.